The summed E-state index contributed by atoms with van der Waals surface area (Å²) in [6, 6.07) is 0.524. The Bertz CT molecular complexity index is 266. The molecule has 0 fully saturated rings. The van der Waals surface area contributed by atoms with Crippen LogP contribution in [0.15, 0.2) is 18.6 Å². The van der Waals surface area contributed by atoms with Crippen LogP contribution in [0.2, 0.25) is 0 Å². The number of hydrogen-bond donors (Lipinski definition) is 1. The summed E-state index contributed by atoms with van der Waals surface area (Å²) in [5.41, 5.74) is 0.959. The third kappa shape index (κ3) is 4.36. The Kier molecular flexibility index (Phi) is 5.21. The molecule has 2 unspecified atom stereocenters. The molecule has 1 aromatic heterocycles. The average molecular weight is 209 g/mol. The van der Waals surface area contributed by atoms with Crippen molar-refractivity contribution in [2.24, 2.45) is 0 Å². The minimum absolute atomic E-state index is 0.203. The fourth-order valence-corrected chi connectivity index (χ4v) is 1.39. The van der Waals surface area contributed by atoms with E-state index in [9.17, 15) is 0 Å². The summed E-state index contributed by atoms with van der Waals surface area (Å²) in [4.78, 5) is 8.29. The first-order valence-electron chi connectivity index (χ1n) is 5.33. The highest BCUT2D eigenvalue weighted by atomic mass is 16.5. The Labute approximate surface area is 91.1 Å². The monoisotopic (exact) mass is 209 g/mol. The second kappa shape index (κ2) is 6.48. The lowest BCUT2D eigenvalue weighted by Crippen LogP contribution is -2.33. The van der Waals surface area contributed by atoms with Crippen molar-refractivity contribution in [2.75, 3.05) is 13.2 Å². The van der Waals surface area contributed by atoms with Gasteiger partial charge in [-0.25, -0.2) is 0 Å². The molecule has 4 heteroatoms. The quantitative estimate of drug-likeness (QED) is 0.772. The Morgan fingerprint density at radius 1 is 1.40 bits per heavy atom. The Balaban J connectivity index is 2.38. The average Bonchev–Trinajstić information content (AvgIpc) is 2.27. The molecule has 0 aromatic carbocycles. The van der Waals surface area contributed by atoms with Crippen molar-refractivity contribution >= 4 is 0 Å². The van der Waals surface area contributed by atoms with Crippen LogP contribution in [0.5, 0.6) is 0 Å². The highest BCUT2D eigenvalue weighted by Crippen LogP contribution is 2.07. The van der Waals surface area contributed by atoms with E-state index in [-0.39, 0.29) is 6.04 Å². The lowest BCUT2D eigenvalue weighted by Gasteiger charge is -2.18. The molecule has 15 heavy (non-hydrogen) atoms. The fourth-order valence-electron chi connectivity index (χ4n) is 1.39. The summed E-state index contributed by atoms with van der Waals surface area (Å²) < 4.78 is 5.33. The summed E-state index contributed by atoms with van der Waals surface area (Å²) in [6.45, 7) is 7.65. The molecule has 0 amide bonds. The van der Waals surface area contributed by atoms with Crippen LogP contribution in [0, 0.1) is 0 Å². The molecule has 0 saturated heterocycles. The first kappa shape index (κ1) is 12.1. The predicted octanol–water partition coefficient (Wildman–Crippen LogP) is 1.55. The lowest BCUT2D eigenvalue weighted by molar-refractivity contribution is 0.124. The van der Waals surface area contributed by atoms with Crippen LogP contribution < -0.4 is 5.32 Å². The van der Waals surface area contributed by atoms with Gasteiger partial charge in [0, 0.05) is 37.3 Å². The third-order valence-corrected chi connectivity index (χ3v) is 2.13. The number of hydrogen-bond acceptors (Lipinski definition) is 4. The van der Waals surface area contributed by atoms with Gasteiger partial charge in [-0.3, -0.25) is 9.97 Å². The van der Waals surface area contributed by atoms with Crippen molar-refractivity contribution in [3.63, 3.8) is 0 Å². The fraction of sp³-hybridized carbons (Fsp3) is 0.636. The summed E-state index contributed by atoms with van der Waals surface area (Å²) in [5.74, 6) is 0. The van der Waals surface area contributed by atoms with Gasteiger partial charge in [-0.2, -0.15) is 0 Å². The van der Waals surface area contributed by atoms with Gasteiger partial charge in [0.25, 0.3) is 0 Å². The van der Waals surface area contributed by atoms with Crippen molar-refractivity contribution in [3.05, 3.63) is 24.3 Å². The smallest absolute Gasteiger partial charge is 0.0753 e. The van der Waals surface area contributed by atoms with Gasteiger partial charge in [0.1, 0.15) is 0 Å². The minimum Gasteiger partial charge on any atom is -0.380 e. The molecule has 0 radical (unpaired) electrons. The zero-order chi connectivity index (χ0) is 11.1. The van der Waals surface area contributed by atoms with Crippen molar-refractivity contribution in [1.82, 2.24) is 15.3 Å². The number of ether oxygens (including phenoxy) is 1. The van der Waals surface area contributed by atoms with Crippen LogP contribution in [0.1, 0.15) is 32.5 Å². The second-order valence-corrected chi connectivity index (χ2v) is 3.58. The van der Waals surface area contributed by atoms with Crippen LogP contribution in [-0.2, 0) is 4.74 Å². The van der Waals surface area contributed by atoms with Gasteiger partial charge in [0.15, 0.2) is 0 Å². The molecule has 84 valence electrons. The minimum atomic E-state index is 0.203. The van der Waals surface area contributed by atoms with E-state index in [1.54, 1.807) is 18.6 Å². The van der Waals surface area contributed by atoms with E-state index in [1.807, 2.05) is 6.92 Å². The normalized spacial score (nSPS) is 14.9. The molecule has 1 N–H and O–H groups in total. The van der Waals surface area contributed by atoms with Crippen LogP contribution in [0.4, 0.5) is 0 Å². The molecular formula is C11H19N3O. The van der Waals surface area contributed by atoms with E-state index in [4.69, 9.17) is 4.74 Å². The molecule has 4 nitrogen and oxygen atoms in total. The molecule has 1 aromatic rings. The summed E-state index contributed by atoms with van der Waals surface area (Å²) in [5, 5.41) is 3.40. The lowest BCUT2D eigenvalue weighted by atomic mass is 10.2. The van der Waals surface area contributed by atoms with Crippen molar-refractivity contribution < 1.29 is 4.74 Å². The topological polar surface area (TPSA) is 47.0 Å². The molecule has 0 aliphatic heterocycles. The highest BCUT2D eigenvalue weighted by Gasteiger charge is 2.10. The Morgan fingerprint density at radius 3 is 2.80 bits per heavy atom. The first-order valence-corrected chi connectivity index (χ1v) is 5.33. The maximum absolute atomic E-state index is 5.33. The van der Waals surface area contributed by atoms with Gasteiger partial charge in [0.2, 0.25) is 0 Å². The molecule has 0 spiro atoms. The zero-order valence-electron chi connectivity index (χ0n) is 9.60. The highest BCUT2D eigenvalue weighted by molar-refractivity contribution is 5.00. The first-order chi connectivity index (χ1) is 7.24. The Hall–Kier alpha value is -1.00. The van der Waals surface area contributed by atoms with Gasteiger partial charge in [0.05, 0.1) is 12.3 Å². The van der Waals surface area contributed by atoms with Crippen molar-refractivity contribution in [1.29, 1.82) is 0 Å². The number of nitrogens with zero attached hydrogens (tertiary/aromatic N) is 2. The van der Waals surface area contributed by atoms with Gasteiger partial charge >= 0.3 is 0 Å². The molecule has 1 rings (SSSR count). The van der Waals surface area contributed by atoms with E-state index in [1.165, 1.54) is 0 Å². The molecular weight excluding hydrogens is 190 g/mol. The number of rotatable bonds is 6. The van der Waals surface area contributed by atoms with Crippen LogP contribution >= 0.6 is 0 Å². The summed E-state index contributed by atoms with van der Waals surface area (Å²) in [7, 11) is 0. The predicted molar refractivity (Wildman–Crippen MR) is 59.5 cm³/mol. The molecule has 0 aliphatic rings. The maximum atomic E-state index is 5.33. The van der Waals surface area contributed by atoms with Crippen LogP contribution in [-0.4, -0.2) is 29.2 Å². The standard InChI is InChI=1S/C11H19N3O/c1-4-15-8-9(2)14-10(3)11-7-12-5-6-13-11/h5-7,9-10,14H,4,8H2,1-3H3. The molecule has 0 saturated carbocycles. The summed E-state index contributed by atoms with van der Waals surface area (Å²) >= 11 is 0. The third-order valence-electron chi connectivity index (χ3n) is 2.13. The van der Waals surface area contributed by atoms with E-state index >= 15 is 0 Å². The van der Waals surface area contributed by atoms with Gasteiger partial charge < -0.3 is 10.1 Å². The van der Waals surface area contributed by atoms with E-state index in [0.717, 1.165) is 18.9 Å². The van der Waals surface area contributed by atoms with Crippen LogP contribution in [0.25, 0.3) is 0 Å². The second-order valence-electron chi connectivity index (χ2n) is 3.58. The van der Waals surface area contributed by atoms with Gasteiger partial charge in [-0.15, -0.1) is 0 Å². The SMILES string of the molecule is CCOCC(C)NC(C)c1cnccn1. The Morgan fingerprint density at radius 2 is 2.20 bits per heavy atom. The maximum Gasteiger partial charge on any atom is 0.0753 e. The van der Waals surface area contributed by atoms with E-state index in [2.05, 4.69) is 29.1 Å². The molecule has 1 heterocycles. The van der Waals surface area contributed by atoms with Crippen molar-refractivity contribution in [3.8, 4) is 0 Å². The molecule has 0 aliphatic carbocycles. The molecule has 0 bridgehead atoms. The van der Waals surface area contributed by atoms with E-state index < -0.39 is 0 Å². The number of nitrogens with one attached hydrogen (secondary N) is 1. The number of aromatic nitrogens is 2. The van der Waals surface area contributed by atoms with E-state index in [0.29, 0.717) is 6.04 Å². The zero-order valence-corrected chi connectivity index (χ0v) is 9.60. The summed E-state index contributed by atoms with van der Waals surface area (Å²) in [6.07, 6.45) is 5.17. The molecule has 2 atom stereocenters. The largest absolute Gasteiger partial charge is 0.380 e. The van der Waals surface area contributed by atoms with Gasteiger partial charge in [-0.1, -0.05) is 0 Å². The van der Waals surface area contributed by atoms with Gasteiger partial charge in [-0.05, 0) is 20.8 Å². The van der Waals surface area contributed by atoms with Crippen LogP contribution in [0.3, 0.4) is 0 Å². The van der Waals surface area contributed by atoms with Crippen molar-refractivity contribution in [2.45, 2.75) is 32.9 Å².